The van der Waals surface area contributed by atoms with Gasteiger partial charge in [0, 0.05) is 0 Å². The van der Waals surface area contributed by atoms with Gasteiger partial charge in [0.1, 0.15) is 0 Å². The molecule has 0 aliphatic heterocycles. The molecule has 0 unspecified atom stereocenters. The van der Waals surface area contributed by atoms with Gasteiger partial charge >= 0.3 is 0 Å². The summed E-state index contributed by atoms with van der Waals surface area (Å²) in [6.45, 7) is 6.78. The molecule has 0 radical (unpaired) electrons. The molecular weight excluding hydrogens is 418 g/mol. The molecule has 4 aliphatic carbocycles. The van der Waals surface area contributed by atoms with E-state index < -0.39 is 15.6 Å². The van der Waals surface area contributed by atoms with E-state index in [9.17, 15) is 13.5 Å². The predicted molar refractivity (Wildman–Crippen MR) is 127 cm³/mol. The number of rotatable bonds is 3. The summed E-state index contributed by atoms with van der Waals surface area (Å²) in [5.41, 5.74) is 0.725. The van der Waals surface area contributed by atoms with Crippen LogP contribution in [-0.4, -0.2) is 19.1 Å². The van der Waals surface area contributed by atoms with Gasteiger partial charge in [0.25, 0.3) is 0 Å². The highest BCUT2D eigenvalue weighted by Crippen LogP contribution is 2.66. The zero-order valence-corrected chi connectivity index (χ0v) is 20.8. The first kappa shape index (κ1) is 22.9. The van der Waals surface area contributed by atoms with Crippen molar-refractivity contribution in [3.05, 3.63) is 29.8 Å². The second-order valence-electron chi connectivity index (χ2n) is 12.3. The van der Waals surface area contributed by atoms with Gasteiger partial charge < -0.3 is 5.11 Å². The first-order valence-electron chi connectivity index (χ1n) is 12.9. The van der Waals surface area contributed by atoms with Crippen molar-refractivity contribution < 1.29 is 13.5 Å². The van der Waals surface area contributed by atoms with Crippen molar-refractivity contribution in [1.29, 1.82) is 0 Å². The molecule has 0 bridgehead atoms. The molecular formula is C27H41NO3S. The van der Waals surface area contributed by atoms with E-state index in [4.69, 9.17) is 5.14 Å². The third-order valence-corrected chi connectivity index (χ3v) is 11.6. The van der Waals surface area contributed by atoms with Gasteiger partial charge in [-0.15, -0.1) is 0 Å². The first-order valence-corrected chi connectivity index (χ1v) is 14.4. The molecule has 0 aromatic heterocycles. The van der Waals surface area contributed by atoms with E-state index in [1.807, 2.05) is 19.1 Å². The van der Waals surface area contributed by atoms with E-state index in [1.54, 1.807) is 12.1 Å². The van der Waals surface area contributed by atoms with Gasteiger partial charge in [0.15, 0.2) is 0 Å². The van der Waals surface area contributed by atoms with Gasteiger partial charge in [-0.3, -0.25) is 0 Å². The van der Waals surface area contributed by atoms with Crippen LogP contribution in [0.5, 0.6) is 0 Å². The molecule has 0 amide bonds. The molecule has 5 rings (SSSR count). The Morgan fingerprint density at radius 2 is 1.69 bits per heavy atom. The van der Waals surface area contributed by atoms with Crippen molar-refractivity contribution in [2.45, 2.75) is 95.0 Å². The van der Waals surface area contributed by atoms with Crippen molar-refractivity contribution in [3.63, 3.8) is 0 Å². The topological polar surface area (TPSA) is 80.4 Å². The number of hydrogen-bond acceptors (Lipinski definition) is 3. The lowest BCUT2D eigenvalue weighted by atomic mass is 9.48. The van der Waals surface area contributed by atoms with Crippen LogP contribution >= 0.6 is 0 Å². The predicted octanol–water partition coefficient (Wildman–Crippen LogP) is 5.46. The molecule has 1 aromatic rings. The minimum atomic E-state index is -3.72. The molecule has 178 valence electrons. The third kappa shape index (κ3) is 3.67. The molecule has 9 atom stereocenters. The maximum absolute atomic E-state index is 12.3. The average molecular weight is 460 g/mol. The molecule has 1 aromatic carbocycles. The molecule has 0 heterocycles. The van der Waals surface area contributed by atoms with Crippen molar-refractivity contribution in [1.82, 2.24) is 0 Å². The standard InChI is InChI=1S/C27H41NO3S/c1-17(19-6-4-5-7-25(19)32(28,30)31)23-10-11-24-22-9-8-18-16-26(2,29)14-12-20(18)21(22)13-15-27(23,24)3/h4-7,17-18,20-24,29H,8-16H2,1-3H3,(H2,28,30,31)/t17-,18-,20+,21-,22-,23+,24+,26-,27-/m1/s1. The third-order valence-electron chi connectivity index (χ3n) is 10.6. The molecule has 3 N–H and O–H groups in total. The fourth-order valence-electron chi connectivity index (χ4n) is 9.28. The summed E-state index contributed by atoms with van der Waals surface area (Å²) in [6.07, 6.45) is 10.8. The Balaban J connectivity index is 1.39. The molecule has 0 spiro atoms. The van der Waals surface area contributed by atoms with E-state index in [0.29, 0.717) is 16.7 Å². The number of primary sulfonamides is 1. The Morgan fingerprint density at radius 3 is 2.44 bits per heavy atom. The molecule has 4 aliphatic rings. The lowest BCUT2D eigenvalue weighted by molar-refractivity contribution is -0.101. The summed E-state index contributed by atoms with van der Waals surface area (Å²) in [5.74, 6) is 4.59. The zero-order chi connectivity index (χ0) is 22.9. The fourth-order valence-corrected chi connectivity index (χ4v) is 10.1. The van der Waals surface area contributed by atoms with Gasteiger partial charge in [-0.25, -0.2) is 13.6 Å². The van der Waals surface area contributed by atoms with Crippen LogP contribution in [0, 0.1) is 40.9 Å². The summed E-state index contributed by atoms with van der Waals surface area (Å²) >= 11 is 0. The summed E-state index contributed by atoms with van der Waals surface area (Å²) in [4.78, 5) is 0.308. The van der Waals surface area contributed by atoms with Gasteiger partial charge in [-0.2, -0.15) is 0 Å². The molecule has 5 heteroatoms. The van der Waals surface area contributed by atoms with Crippen LogP contribution in [0.15, 0.2) is 29.2 Å². The van der Waals surface area contributed by atoms with Crippen LogP contribution in [0.2, 0.25) is 0 Å². The van der Waals surface area contributed by atoms with Gasteiger partial charge in [-0.05, 0) is 123 Å². The lowest BCUT2D eigenvalue weighted by Crippen LogP contribution is -2.50. The molecule has 4 nitrogen and oxygen atoms in total. The van der Waals surface area contributed by atoms with Crippen LogP contribution in [-0.2, 0) is 10.0 Å². The Kier molecular flexibility index (Phi) is 5.58. The van der Waals surface area contributed by atoms with E-state index in [1.165, 1.54) is 44.9 Å². The number of aliphatic hydroxyl groups is 1. The number of nitrogens with two attached hydrogens (primary N) is 1. The molecule has 4 saturated carbocycles. The van der Waals surface area contributed by atoms with E-state index in [2.05, 4.69) is 13.8 Å². The van der Waals surface area contributed by atoms with E-state index in [-0.39, 0.29) is 11.3 Å². The normalized spacial score (nSPS) is 44.9. The smallest absolute Gasteiger partial charge is 0.238 e. The summed E-state index contributed by atoms with van der Waals surface area (Å²) in [7, 11) is -3.72. The van der Waals surface area contributed by atoms with Crippen molar-refractivity contribution in [2.75, 3.05) is 0 Å². The van der Waals surface area contributed by atoms with Crippen LogP contribution in [0.25, 0.3) is 0 Å². The van der Waals surface area contributed by atoms with E-state index >= 15 is 0 Å². The summed E-state index contributed by atoms with van der Waals surface area (Å²) in [6, 6.07) is 7.38. The molecule has 4 fully saturated rings. The second kappa shape index (κ2) is 7.81. The Bertz CT molecular complexity index is 973. The van der Waals surface area contributed by atoms with Gasteiger partial charge in [0.2, 0.25) is 10.0 Å². The first-order chi connectivity index (χ1) is 15.0. The van der Waals surface area contributed by atoms with Crippen LogP contribution < -0.4 is 5.14 Å². The Hall–Kier alpha value is -0.910. The monoisotopic (exact) mass is 459 g/mol. The average Bonchev–Trinajstić information content (AvgIpc) is 3.08. The van der Waals surface area contributed by atoms with Crippen LogP contribution in [0.4, 0.5) is 0 Å². The highest BCUT2D eigenvalue weighted by Gasteiger charge is 2.58. The quantitative estimate of drug-likeness (QED) is 0.630. The largest absolute Gasteiger partial charge is 0.390 e. The van der Waals surface area contributed by atoms with Crippen LogP contribution in [0.1, 0.15) is 90.0 Å². The Morgan fingerprint density at radius 1 is 0.969 bits per heavy atom. The van der Waals surface area contributed by atoms with E-state index in [0.717, 1.165) is 42.1 Å². The minimum absolute atomic E-state index is 0.192. The van der Waals surface area contributed by atoms with Crippen molar-refractivity contribution in [3.8, 4) is 0 Å². The fraction of sp³-hybridized carbons (Fsp3) is 0.778. The minimum Gasteiger partial charge on any atom is -0.390 e. The summed E-state index contributed by atoms with van der Waals surface area (Å²) in [5, 5.41) is 16.2. The Labute approximate surface area is 194 Å². The van der Waals surface area contributed by atoms with Gasteiger partial charge in [0.05, 0.1) is 10.5 Å². The zero-order valence-electron chi connectivity index (χ0n) is 20.0. The lowest BCUT2D eigenvalue weighted by Gasteiger charge is -2.57. The highest BCUT2D eigenvalue weighted by atomic mass is 32.2. The number of sulfonamides is 1. The van der Waals surface area contributed by atoms with Crippen LogP contribution in [0.3, 0.4) is 0 Å². The maximum atomic E-state index is 12.3. The highest BCUT2D eigenvalue weighted by molar-refractivity contribution is 7.89. The molecule has 32 heavy (non-hydrogen) atoms. The number of benzene rings is 1. The molecule has 0 saturated heterocycles. The number of hydrogen-bond donors (Lipinski definition) is 2. The van der Waals surface area contributed by atoms with Crippen molar-refractivity contribution in [2.24, 2.45) is 46.1 Å². The second-order valence-corrected chi connectivity index (χ2v) is 13.8. The number of fused-ring (bicyclic) bond motifs is 5. The van der Waals surface area contributed by atoms with Crippen molar-refractivity contribution >= 4 is 10.0 Å². The summed E-state index contributed by atoms with van der Waals surface area (Å²) < 4.78 is 24.5. The SMILES string of the molecule is C[C@H](c1ccccc1S(N)(=O)=O)[C@@H]1CC[C@H]2[C@@H]3CC[C@@H]4C[C@](C)(O)CC[C@@H]4[C@H]3CC[C@@]21C. The maximum Gasteiger partial charge on any atom is 0.238 e. The van der Waals surface area contributed by atoms with Gasteiger partial charge in [-0.1, -0.05) is 32.0 Å².